The van der Waals surface area contributed by atoms with Crippen molar-refractivity contribution in [3.8, 4) is 0 Å². The molecule has 1 unspecified atom stereocenters. The van der Waals surface area contributed by atoms with Gasteiger partial charge < -0.3 is 15.7 Å². The highest BCUT2D eigenvalue weighted by Gasteiger charge is 2.06. The van der Waals surface area contributed by atoms with Crippen LogP contribution in [0.15, 0.2) is 42.5 Å². The van der Waals surface area contributed by atoms with Crippen LogP contribution in [0.3, 0.4) is 0 Å². The van der Waals surface area contributed by atoms with Crippen LogP contribution >= 0.6 is 0 Å². The van der Waals surface area contributed by atoms with Gasteiger partial charge in [-0.1, -0.05) is 36.4 Å². The van der Waals surface area contributed by atoms with Crippen molar-refractivity contribution in [3.05, 3.63) is 48.0 Å². The number of hydrogen-bond donors (Lipinski definition) is 3. The van der Waals surface area contributed by atoms with Crippen LogP contribution in [-0.2, 0) is 11.2 Å². The number of carbonyl (C=O) groups excluding carboxylic acids is 1. The molecule has 0 fully saturated rings. The highest BCUT2D eigenvalue weighted by Crippen LogP contribution is 2.02. The number of nitrogens with one attached hydrogen (secondary N) is 2. The molecule has 1 aromatic carbocycles. The maximum atomic E-state index is 11.5. The summed E-state index contributed by atoms with van der Waals surface area (Å²) in [6.07, 6.45) is 3.12. The van der Waals surface area contributed by atoms with E-state index in [-0.39, 0.29) is 18.6 Å². The molecule has 5 nitrogen and oxygen atoms in total. The Hall–Kier alpha value is -2.30. The first-order valence-electron chi connectivity index (χ1n) is 6.05. The molecule has 0 bridgehead atoms. The maximum absolute atomic E-state index is 11.5. The summed E-state index contributed by atoms with van der Waals surface area (Å²) >= 11 is 0. The van der Waals surface area contributed by atoms with Crippen molar-refractivity contribution >= 4 is 12.0 Å². The van der Waals surface area contributed by atoms with E-state index in [9.17, 15) is 9.59 Å². The molecule has 2 amide bonds. The second-order valence-corrected chi connectivity index (χ2v) is 4.19. The lowest BCUT2D eigenvalue weighted by Gasteiger charge is -2.14. The number of rotatable bonds is 6. The minimum Gasteiger partial charge on any atom is -0.478 e. The Balaban J connectivity index is 2.26. The van der Waals surface area contributed by atoms with Gasteiger partial charge in [-0.3, -0.25) is 0 Å². The van der Waals surface area contributed by atoms with Crippen molar-refractivity contribution in [1.82, 2.24) is 10.6 Å². The molecule has 0 aliphatic carbocycles. The molecule has 19 heavy (non-hydrogen) atoms. The van der Waals surface area contributed by atoms with Crippen molar-refractivity contribution in [2.24, 2.45) is 0 Å². The molecule has 1 rings (SSSR count). The zero-order valence-corrected chi connectivity index (χ0v) is 10.8. The minimum absolute atomic E-state index is 0.00542. The molecule has 0 saturated carbocycles. The van der Waals surface area contributed by atoms with Gasteiger partial charge >= 0.3 is 12.0 Å². The molecule has 0 radical (unpaired) electrons. The monoisotopic (exact) mass is 262 g/mol. The Morgan fingerprint density at radius 1 is 1.32 bits per heavy atom. The van der Waals surface area contributed by atoms with Gasteiger partial charge in [0.15, 0.2) is 0 Å². The fraction of sp³-hybridized carbons (Fsp3) is 0.286. The fourth-order valence-electron chi connectivity index (χ4n) is 1.60. The summed E-state index contributed by atoms with van der Waals surface area (Å²) in [5, 5.41) is 13.7. The first-order chi connectivity index (χ1) is 9.08. The zero-order valence-electron chi connectivity index (χ0n) is 10.8. The molecule has 1 aromatic rings. The summed E-state index contributed by atoms with van der Waals surface area (Å²) in [7, 11) is 0. The quantitative estimate of drug-likeness (QED) is 0.681. The molecule has 1 atom stereocenters. The predicted molar refractivity (Wildman–Crippen MR) is 72.9 cm³/mol. The number of benzene rings is 1. The van der Waals surface area contributed by atoms with Crippen molar-refractivity contribution in [1.29, 1.82) is 0 Å². The summed E-state index contributed by atoms with van der Waals surface area (Å²) in [4.78, 5) is 21.7. The van der Waals surface area contributed by atoms with Gasteiger partial charge in [0.25, 0.3) is 0 Å². The molecule has 0 spiro atoms. The molecule has 0 aliphatic heterocycles. The van der Waals surface area contributed by atoms with E-state index in [0.29, 0.717) is 0 Å². The lowest BCUT2D eigenvalue weighted by Crippen LogP contribution is -2.41. The van der Waals surface area contributed by atoms with E-state index in [1.165, 1.54) is 6.08 Å². The smallest absolute Gasteiger partial charge is 0.328 e. The van der Waals surface area contributed by atoms with Crippen LogP contribution in [0.4, 0.5) is 4.79 Å². The van der Waals surface area contributed by atoms with Gasteiger partial charge in [-0.25, -0.2) is 9.59 Å². The SMILES string of the molecule is CC(Cc1ccccc1)NC(=O)NC/C=C/C(=O)O. The Bertz CT molecular complexity index is 443. The lowest BCUT2D eigenvalue weighted by atomic mass is 10.1. The van der Waals surface area contributed by atoms with Crippen molar-refractivity contribution < 1.29 is 14.7 Å². The van der Waals surface area contributed by atoms with Crippen molar-refractivity contribution in [3.63, 3.8) is 0 Å². The fourth-order valence-corrected chi connectivity index (χ4v) is 1.60. The number of aliphatic carboxylic acids is 1. The summed E-state index contributed by atoms with van der Waals surface area (Å²) in [5.41, 5.74) is 1.15. The van der Waals surface area contributed by atoms with Crippen LogP contribution in [0, 0.1) is 0 Å². The average Bonchev–Trinajstić information content (AvgIpc) is 2.35. The van der Waals surface area contributed by atoms with E-state index in [4.69, 9.17) is 5.11 Å². The van der Waals surface area contributed by atoms with Crippen molar-refractivity contribution in [2.45, 2.75) is 19.4 Å². The molecule has 0 heterocycles. The van der Waals surface area contributed by atoms with E-state index in [2.05, 4.69) is 10.6 Å². The van der Waals surface area contributed by atoms with Crippen LogP contribution in [0.5, 0.6) is 0 Å². The maximum Gasteiger partial charge on any atom is 0.328 e. The topological polar surface area (TPSA) is 78.4 Å². The minimum atomic E-state index is -1.03. The molecule has 3 N–H and O–H groups in total. The normalized spacial score (nSPS) is 12.1. The third-order valence-corrected chi connectivity index (χ3v) is 2.40. The van der Waals surface area contributed by atoms with Crippen LogP contribution < -0.4 is 10.6 Å². The highest BCUT2D eigenvalue weighted by atomic mass is 16.4. The van der Waals surface area contributed by atoms with Crippen LogP contribution in [0.25, 0.3) is 0 Å². The summed E-state index contributed by atoms with van der Waals surface area (Å²) in [6, 6.07) is 9.57. The molecule has 0 aromatic heterocycles. The van der Waals surface area contributed by atoms with Crippen LogP contribution in [0.1, 0.15) is 12.5 Å². The third-order valence-electron chi connectivity index (χ3n) is 2.40. The van der Waals surface area contributed by atoms with E-state index < -0.39 is 5.97 Å². The second kappa shape index (κ2) is 7.92. The van der Waals surface area contributed by atoms with Gasteiger partial charge in [-0.2, -0.15) is 0 Å². The van der Waals surface area contributed by atoms with Gasteiger partial charge in [-0.15, -0.1) is 0 Å². The summed E-state index contributed by atoms with van der Waals surface area (Å²) in [6.45, 7) is 2.11. The zero-order chi connectivity index (χ0) is 14.1. The number of amides is 2. The molecular formula is C14H18N2O3. The lowest BCUT2D eigenvalue weighted by molar-refractivity contribution is -0.131. The number of carbonyl (C=O) groups is 2. The summed E-state index contributed by atoms with van der Waals surface area (Å²) < 4.78 is 0. The molecular weight excluding hydrogens is 244 g/mol. The van der Waals surface area contributed by atoms with E-state index >= 15 is 0 Å². The largest absolute Gasteiger partial charge is 0.478 e. The first-order valence-corrected chi connectivity index (χ1v) is 6.05. The third kappa shape index (κ3) is 6.88. The van der Waals surface area contributed by atoms with Gasteiger partial charge in [-0.05, 0) is 18.9 Å². The number of carboxylic acid groups (broad SMARTS) is 1. The highest BCUT2D eigenvalue weighted by molar-refractivity contribution is 5.80. The van der Waals surface area contributed by atoms with Crippen LogP contribution in [0.2, 0.25) is 0 Å². The molecule has 0 aliphatic rings. The Labute approximate surface area is 112 Å². The first kappa shape index (κ1) is 14.8. The summed E-state index contributed by atoms with van der Waals surface area (Å²) in [5.74, 6) is -1.03. The average molecular weight is 262 g/mol. The number of urea groups is 1. The Morgan fingerprint density at radius 3 is 2.63 bits per heavy atom. The Kier molecular flexibility index (Phi) is 6.15. The van der Waals surface area contributed by atoms with Gasteiger partial charge in [0.1, 0.15) is 0 Å². The molecule has 102 valence electrons. The van der Waals surface area contributed by atoms with Gasteiger partial charge in [0.2, 0.25) is 0 Å². The van der Waals surface area contributed by atoms with E-state index in [1.807, 2.05) is 37.3 Å². The molecule has 5 heteroatoms. The van der Waals surface area contributed by atoms with Gasteiger partial charge in [0, 0.05) is 18.7 Å². The van der Waals surface area contributed by atoms with E-state index in [1.54, 1.807) is 0 Å². The van der Waals surface area contributed by atoms with Crippen LogP contribution in [-0.4, -0.2) is 29.7 Å². The predicted octanol–water partition coefficient (Wildman–Crippen LogP) is 1.56. The van der Waals surface area contributed by atoms with E-state index in [0.717, 1.165) is 18.1 Å². The Morgan fingerprint density at radius 2 is 2.00 bits per heavy atom. The number of carboxylic acids is 1. The second-order valence-electron chi connectivity index (χ2n) is 4.19. The van der Waals surface area contributed by atoms with Gasteiger partial charge in [0.05, 0.1) is 0 Å². The standard InChI is InChI=1S/C14H18N2O3/c1-11(10-12-6-3-2-4-7-12)16-14(19)15-9-5-8-13(17)18/h2-8,11H,9-10H2,1H3,(H,17,18)(H2,15,16,19)/b8-5+. The van der Waals surface area contributed by atoms with Crippen molar-refractivity contribution in [2.75, 3.05) is 6.54 Å². The molecule has 0 saturated heterocycles. The number of hydrogen-bond acceptors (Lipinski definition) is 2.